The fourth-order valence-corrected chi connectivity index (χ4v) is 3.66. The minimum atomic E-state index is -1.24. The van der Waals surface area contributed by atoms with E-state index in [0.29, 0.717) is 23.8 Å². The summed E-state index contributed by atoms with van der Waals surface area (Å²) in [6.45, 7) is 6.29. The summed E-state index contributed by atoms with van der Waals surface area (Å²) >= 11 is 0. The molecular weight excluding hydrogens is 324 g/mol. The van der Waals surface area contributed by atoms with E-state index in [2.05, 4.69) is 5.32 Å². The smallest absolute Gasteiger partial charge is 0.253 e. The van der Waals surface area contributed by atoms with Crippen LogP contribution in [-0.2, 0) is 21.3 Å². The Kier molecular flexibility index (Phi) is 6.97. The van der Waals surface area contributed by atoms with Crippen molar-refractivity contribution in [2.24, 2.45) is 5.92 Å². The Labute approximate surface area is 146 Å². The summed E-state index contributed by atoms with van der Waals surface area (Å²) in [5.74, 6) is 0.605. The molecule has 6 heteroatoms. The Balaban J connectivity index is 1.83. The van der Waals surface area contributed by atoms with Gasteiger partial charge in [-0.25, -0.2) is 0 Å². The predicted molar refractivity (Wildman–Crippen MR) is 96.1 cm³/mol. The molecule has 2 amide bonds. The topological polar surface area (TPSA) is 66.5 Å². The second-order valence-corrected chi connectivity index (χ2v) is 8.08. The summed E-state index contributed by atoms with van der Waals surface area (Å²) < 4.78 is 12.1. The number of rotatable bonds is 7. The van der Waals surface area contributed by atoms with Gasteiger partial charge in [-0.05, 0) is 36.5 Å². The van der Waals surface area contributed by atoms with Gasteiger partial charge in [-0.1, -0.05) is 26.0 Å². The summed E-state index contributed by atoms with van der Waals surface area (Å²) in [5.41, 5.74) is 1.55. The van der Waals surface area contributed by atoms with E-state index in [1.807, 2.05) is 30.9 Å². The Morgan fingerprint density at radius 2 is 1.79 bits per heavy atom. The summed E-state index contributed by atoms with van der Waals surface area (Å²) in [6.07, 6.45) is 2.14. The van der Waals surface area contributed by atoms with Crippen LogP contribution in [0.3, 0.4) is 0 Å². The van der Waals surface area contributed by atoms with Gasteiger partial charge in [0.1, 0.15) is 5.75 Å². The first-order chi connectivity index (χ1) is 11.5. The van der Waals surface area contributed by atoms with Gasteiger partial charge >= 0.3 is 0 Å². The molecule has 1 aromatic rings. The first-order valence-corrected chi connectivity index (χ1v) is 9.94. The Bertz CT molecular complexity index is 593. The zero-order valence-corrected chi connectivity index (χ0v) is 15.2. The number of benzene rings is 1. The van der Waals surface area contributed by atoms with Gasteiger partial charge in [-0.3, -0.25) is 13.8 Å². The molecule has 1 heterocycles. The summed E-state index contributed by atoms with van der Waals surface area (Å²) in [4.78, 5) is 25.8. The first kappa shape index (κ1) is 18.6. The fraction of sp³-hybridized carbons (Fsp3) is 0.556. The molecule has 0 spiro atoms. The van der Waals surface area contributed by atoms with E-state index >= 15 is 0 Å². The number of carbonyl (C=O) groups excluding carboxylic acids is 2. The number of hydrogen-bond donors (Lipinski definition) is 1. The van der Waals surface area contributed by atoms with Gasteiger partial charge in [0.2, 0.25) is 5.91 Å². The van der Waals surface area contributed by atoms with Crippen molar-refractivity contribution in [1.29, 1.82) is 0 Å². The molecule has 24 heavy (non-hydrogen) atoms. The number of likely N-dealkylation sites (tertiary alicyclic amines) is 1. The molecule has 1 saturated heterocycles. The molecule has 0 aliphatic carbocycles. The second-order valence-electron chi connectivity index (χ2n) is 6.62. The van der Waals surface area contributed by atoms with Crippen molar-refractivity contribution >= 4 is 22.6 Å². The van der Waals surface area contributed by atoms with Crippen molar-refractivity contribution in [2.45, 2.75) is 32.4 Å². The van der Waals surface area contributed by atoms with E-state index in [1.165, 1.54) is 0 Å². The molecule has 5 nitrogen and oxygen atoms in total. The van der Waals surface area contributed by atoms with E-state index in [-0.39, 0.29) is 17.6 Å². The second kappa shape index (κ2) is 8.97. The zero-order chi connectivity index (χ0) is 17.5. The van der Waals surface area contributed by atoms with E-state index in [1.54, 1.807) is 12.1 Å². The molecule has 132 valence electrons. The van der Waals surface area contributed by atoms with Crippen molar-refractivity contribution in [3.05, 3.63) is 35.4 Å². The zero-order valence-electron chi connectivity index (χ0n) is 14.4. The van der Waals surface area contributed by atoms with E-state index < -0.39 is 10.8 Å². The molecule has 1 aromatic carbocycles. The van der Waals surface area contributed by atoms with E-state index in [0.717, 1.165) is 31.5 Å². The molecule has 1 atom stereocenters. The molecule has 1 aliphatic rings. The van der Waals surface area contributed by atoms with Gasteiger partial charge in [0, 0.05) is 41.8 Å². The SMILES string of the molecule is CC(C)CNC(=O)CS(=O)Cc1ccc(C(=O)N2CCCC2)cc1. The van der Waals surface area contributed by atoms with Gasteiger partial charge in [-0.15, -0.1) is 0 Å². The van der Waals surface area contributed by atoms with Crippen molar-refractivity contribution in [1.82, 2.24) is 10.2 Å². The lowest BCUT2D eigenvalue weighted by Gasteiger charge is -2.15. The van der Waals surface area contributed by atoms with Gasteiger partial charge in [0.05, 0.1) is 0 Å². The highest BCUT2D eigenvalue weighted by Gasteiger charge is 2.19. The molecule has 2 rings (SSSR count). The van der Waals surface area contributed by atoms with E-state index in [4.69, 9.17) is 0 Å². The van der Waals surface area contributed by atoms with Crippen LogP contribution in [0.4, 0.5) is 0 Å². The highest BCUT2D eigenvalue weighted by atomic mass is 32.2. The van der Waals surface area contributed by atoms with Crippen molar-refractivity contribution < 1.29 is 13.8 Å². The standard InChI is InChI=1S/C18H26N2O3S/c1-14(2)11-19-17(21)13-24(23)12-15-5-7-16(8-6-15)18(22)20-9-3-4-10-20/h5-8,14H,3-4,9-13H2,1-2H3,(H,19,21). The Hall–Kier alpha value is -1.69. The molecule has 0 saturated carbocycles. The third-order valence-corrected chi connectivity index (χ3v) is 5.16. The number of hydrogen-bond acceptors (Lipinski definition) is 3. The summed E-state index contributed by atoms with van der Waals surface area (Å²) in [6, 6.07) is 7.22. The quantitative estimate of drug-likeness (QED) is 0.817. The first-order valence-electron chi connectivity index (χ1n) is 8.45. The van der Waals surface area contributed by atoms with Crippen LogP contribution in [0.1, 0.15) is 42.6 Å². The molecule has 1 fully saturated rings. The minimum absolute atomic E-state index is 0.0151. The third kappa shape index (κ3) is 5.74. The molecule has 0 aromatic heterocycles. The molecular formula is C18H26N2O3S. The molecule has 1 aliphatic heterocycles. The summed E-state index contributed by atoms with van der Waals surface area (Å²) in [7, 11) is -1.24. The highest BCUT2D eigenvalue weighted by Crippen LogP contribution is 2.14. The average molecular weight is 350 g/mol. The third-order valence-electron chi connectivity index (χ3n) is 3.92. The normalized spacial score (nSPS) is 15.5. The van der Waals surface area contributed by atoms with Crippen LogP contribution >= 0.6 is 0 Å². The van der Waals surface area contributed by atoms with Crippen molar-refractivity contribution in [3.8, 4) is 0 Å². The predicted octanol–water partition coefficient (Wildman–Crippen LogP) is 1.94. The number of carbonyl (C=O) groups is 2. The van der Waals surface area contributed by atoms with Crippen LogP contribution in [0.2, 0.25) is 0 Å². The number of amides is 2. The van der Waals surface area contributed by atoms with Crippen LogP contribution in [0.25, 0.3) is 0 Å². The monoisotopic (exact) mass is 350 g/mol. The maximum atomic E-state index is 12.3. The Morgan fingerprint density at radius 3 is 2.38 bits per heavy atom. The van der Waals surface area contributed by atoms with Gasteiger partial charge < -0.3 is 10.2 Å². The lowest BCUT2D eigenvalue weighted by molar-refractivity contribution is -0.118. The Morgan fingerprint density at radius 1 is 1.17 bits per heavy atom. The maximum absolute atomic E-state index is 12.3. The van der Waals surface area contributed by atoms with Crippen LogP contribution in [0.15, 0.2) is 24.3 Å². The van der Waals surface area contributed by atoms with Crippen LogP contribution in [0.5, 0.6) is 0 Å². The molecule has 0 radical (unpaired) electrons. The average Bonchev–Trinajstić information content (AvgIpc) is 3.07. The van der Waals surface area contributed by atoms with Crippen molar-refractivity contribution in [2.75, 3.05) is 25.4 Å². The number of nitrogens with one attached hydrogen (secondary N) is 1. The molecule has 1 N–H and O–H groups in total. The lowest BCUT2D eigenvalue weighted by Crippen LogP contribution is -2.31. The molecule has 1 unspecified atom stereocenters. The van der Waals surface area contributed by atoms with Gasteiger partial charge in [0.15, 0.2) is 0 Å². The van der Waals surface area contributed by atoms with Crippen LogP contribution in [0, 0.1) is 5.92 Å². The van der Waals surface area contributed by atoms with Gasteiger partial charge in [0.25, 0.3) is 5.91 Å². The van der Waals surface area contributed by atoms with Crippen LogP contribution in [-0.4, -0.2) is 46.3 Å². The van der Waals surface area contributed by atoms with E-state index in [9.17, 15) is 13.8 Å². The number of nitrogens with zero attached hydrogens (tertiary/aromatic N) is 1. The maximum Gasteiger partial charge on any atom is 0.253 e. The molecule has 0 bridgehead atoms. The highest BCUT2D eigenvalue weighted by molar-refractivity contribution is 7.84. The lowest BCUT2D eigenvalue weighted by atomic mass is 10.1. The van der Waals surface area contributed by atoms with Gasteiger partial charge in [-0.2, -0.15) is 0 Å². The minimum Gasteiger partial charge on any atom is -0.355 e. The summed E-state index contributed by atoms with van der Waals surface area (Å²) in [5, 5.41) is 2.77. The van der Waals surface area contributed by atoms with Crippen molar-refractivity contribution in [3.63, 3.8) is 0 Å². The van der Waals surface area contributed by atoms with Crippen LogP contribution < -0.4 is 5.32 Å². The fourth-order valence-electron chi connectivity index (χ4n) is 2.60. The largest absolute Gasteiger partial charge is 0.355 e.